The largest absolute Gasteiger partial charge is 0.342 e. The van der Waals surface area contributed by atoms with Crippen molar-refractivity contribution in [3.63, 3.8) is 0 Å². The van der Waals surface area contributed by atoms with E-state index in [2.05, 4.69) is 10.0 Å². The summed E-state index contributed by atoms with van der Waals surface area (Å²) in [4.78, 5) is 14.4. The van der Waals surface area contributed by atoms with E-state index in [9.17, 15) is 13.2 Å². The summed E-state index contributed by atoms with van der Waals surface area (Å²) in [6, 6.07) is 0. The highest BCUT2D eigenvalue weighted by Gasteiger charge is 2.29. The molecule has 124 valence electrons. The standard InChI is InChI=1S/C13H25N3O3S.ClH/c1-20(18,19)15-8-11-4-3-7-16(10-11)13(17)12-5-2-6-14-9-12;/h11-12,14-15H,2-10H2,1H3;1H/t11?,12-;/m1./s1. The van der Waals surface area contributed by atoms with Gasteiger partial charge in [-0.15, -0.1) is 12.4 Å². The first-order valence-corrected chi connectivity index (χ1v) is 9.29. The lowest BCUT2D eigenvalue weighted by Gasteiger charge is -2.36. The van der Waals surface area contributed by atoms with Crippen LogP contribution in [0.5, 0.6) is 0 Å². The second-order valence-electron chi connectivity index (χ2n) is 5.96. The molecule has 2 heterocycles. The first-order chi connectivity index (χ1) is 9.46. The van der Waals surface area contributed by atoms with Gasteiger partial charge in [-0.1, -0.05) is 0 Å². The summed E-state index contributed by atoms with van der Waals surface area (Å²) in [5.41, 5.74) is 0. The average Bonchev–Trinajstić information content (AvgIpc) is 2.45. The van der Waals surface area contributed by atoms with Crippen molar-refractivity contribution in [1.82, 2.24) is 14.9 Å². The molecule has 6 nitrogen and oxygen atoms in total. The predicted octanol–water partition coefficient (Wildman–Crippen LogP) is 0.196. The number of rotatable bonds is 4. The molecule has 0 aromatic heterocycles. The van der Waals surface area contributed by atoms with Crippen LogP contribution in [0.15, 0.2) is 0 Å². The van der Waals surface area contributed by atoms with Crippen LogP contribution in [0.25, 0.3) is 0 Å². The molecule has 2 aliphatic heterocycles. The summed E-state index contributed by atoms with van der Waals surface area (Å²) >= 11 is 0. The molecule has 2 atom stereocenters. The van der Waals surface area contributed by atoms with E-state index in [1.165, 1.54) is 6.26 Å². The molecule has 0 aromatic rings. The van der Waals surface area contributed by atoms with Crippen molar-refractivity contribution in [1.29, 1.82) is 0 Å². The maximum atomic E-state index is 12.4. The highest BCUT2D eigenvalue weighted by molar-refractivity contribution is 7.88. The van der Waals surface area contributed by atoms with Crippen molar-refractivity contribution < 1.29 is 13.2 Å². The van der Waals surface area contributed by atoms with Gasteiger partial charge in [-0.05, 0) is 38.1 Å². The van der Waals surface area contributed by atoms with Crippen LogP contribution >= 0.6 is 12.4 Å². The first kappa shape index (κ1) is 18.7. The summed E-state index contributed by atoms with van der Waals surface area (Å²) in [6.07, 6.45) is 5.14. The van der Waals surface area contributed by atoms with Gasteiger partial charge < -0.3 is 10.2 Å². The van der Waals surface area contributed by atoms with Gasteiger partial charge in [0.2, 0.25) is 15.9 Å². The van der Waals surface area contributed by atoms with Crippen LogP contribution in [0, 0.1) is 11.8 Å². The number of halogens is 1. The lowest BCUT2D eigenvalue weighted by atomic mass is 9.94. The van der Waals surface area contributed by atoms with Crippen LogP contribution in [0.1, 0.15) is 25.7 Å². The molecule has 2 aliphatic rings. The van der Waals surface area contributed by atoms with E-state index in [1.54, 1.807) is 0 Å². The smallest absolute Gasteiger partial charge is 0.226 e. The molecule has 2 N–H and O–H groups in total. The molecule has 21 heavy (non-hydrogen) atoms. The Hall–Kier alpha value is -0.370. The third-order valence-corrected chi connectivity index (χ3v) is 4.80. The van der Waals surface area contributed by atoms with Gasteiger partial charge in [-0.2, -0.15) is 0 Å². The van der Waals surface area contributed by atoms with Gasteiger partial charge in [-0.25, -0.2) is 13.1 Å². The molecule has 0 aliphatic carbocycles. The van der Waals surface area contributed by atoms with Crippen LogP contribution in [0.3, 0.4) is 0 Å². The molecule has 8 heteroatoms. The Morgan fingerprint density at radius 2 is 2.10 bits per heavy atom. The summed E-state index contributed by atoms with van der Waals surface area (Å²) in [7, 11) is -3.15. The van der Waals surface area contributed by atoms with E-state index >= 15 is 0 Å². The number of sulfonamides is 1. The highest BCUT2D eigenvalue weighted by Crippen LogP contribution is 2.20. The SMILES string of the molecule is CS(=O)(=O)NCC1CCCN(C(=O)[C@@H]2CCCNC2)C1.Cl. The van der Waals surface area contributed by atoms with Gasteiger partial charge in [-0.3, -0.25) is 4.79 Å². The molecule has 0 bridgehead atoms. The predicted molar refractivity (Wildman–Crippen MR) is 85.0 cm³/mol. The summed E-state index contributed by atoms with van der Waals surface area (Å²) < 4.78 is 24.8. The summed E-state index contributed by atoms with van der Waals surface area (Å²) in [6.45, 7) is 3.71. The fraction of sp³-hybridized carbons (Fsp3) is 0.923. The third-order valence-electron chi connectivity index (χ3n) is 4.11. The van der Waals surface area contributed by atoms with E-state index < -0.39 is 10.0 Å². The van der Waals surface area contributed by atoms with E-state index in [-0.39, 0.29) is 30.2 Å². The Morgan fingerprint density at radius 1 is 1.33 bits per heavy atom. The van der Waals surface area contributed by atoms with Crippen LogP contribution in [-0.2, 0) is 14.8 Å². The Morgan fingerprint density at radius 3 is 2.71 bits per heavy atom. The van der Waals surface area contributed by atoms with E-state index in [0.717, 1.165) is 45.3 Å². The lowest BCUT2D eigenvalue weighted by Crippen LogP contribution is -2.48. The van der Waals surface area contributed by atoms with Gasteiger partial charge in [0.05, 0.1) is 12.2 Å². The third kappa shape index (κ3) is 6.10. The number of hydrogen-bond acceptors (Lipinski definition) is 4. The van der Waals surface area contributed by atoms with Crippen molar-refractivity contribution in [2.75, 3.05) is 39.0 Å². The second-order valence-corrected chi connectivity index (χ2v) is 7.79. The Labute approximate surface area is 133 Å². The van der Waals surface area contributed by atoms with Crippen LogP contribution in [0.4, 0.5) is 0 Å². The van der Waals surface area contributed by atoms with E-state index in [0.29, 0.717) is 13.1 Å². The topological polar surface area (TPSA) is 78.5 Å². The maximum absolute atomic E-state index is 12.4. The molecule has 1 unspecified atom stereocenters. The zero-order valence-electron chi connectivity index (χ0n) is 12.5. The van der Waals surface area contributed by atoms with Crippen LogP contribution in [0.2, 0.25) is 0 Å². The van der Waals surface area contributed by atoms with Gasteiger partial charge >= 0.3 is 0 Å². The summed E-state index contributed by atoms with van der Waals surface area (Å²) in [5, 5.41) is 3.27. The minimum atomic E-state index is -3.15. The number of nitrogens with zero attached hydrogens (tertiary/aromatic N) is 1. The number of hydrogen-bond donors (Lipinski definition) is 2. The summed E-state index contributed by atoms with van der Waals surface area (Å²) in [5.74, 6) is 0.575. The quantitative estimate of drug-likeness (QED) is 0.766. The maximum Gasteiger partial charge on any atom is 0.226 e. The van der Waals surface area contributed by atoms with Crippen molar-refractivity contribution in [2.24, 2.45) is 11.8 Å². The van der Waals surface area contributed by atoms with Crippen LogP contribution < -0.4 is 10.0 Å². The van der Waals surface area contributed by atoms with Gasteiger partial charge in [0.1, 0.15) is 0 Å². The van der Waals surface area contributed by atoms with Gasteiger partial charge in [0.15, 0.2) is 0 Å². The molecule has 0 radical (unpaired) electrons. The fourth-order valence-corrected chi connectivity index (χ4v) is 3.56. The normalized spacial score (nSPS) is 27.0. The molecule has 0 spiro atoms. The second kappa shape index (κ2) is 8.31. The molecule has 2 saturated heterocycles. The Kier molecular flexibility index (Phi) is 7.39. The van der Waals surface area contributed by atoms with Crippen LogP contribution in [-0.4, -0.2) is 58.2 Å². The molecule has 0 saturated carbocycles. The Bertz CT molecular complexity index is 438. The van der Waals surface area contributed by atoms with Crippen molar-refractivity contribution in [3.05, 3.63) is 0 Å². The monoisotopic (exact) mass is 339 g/mol. The number of carbonyl (C=O) groups excluding carboxylic acids is 1. The van der Waals surface area contributed by atoms with Crippen molar-refractivity contribution in [2.45, 2.75) is 25.7 Å². The van der Waals surface area contributed by atoms with E-state index in [4.69, 9.17) is 0 Å². The molecule has 0 aromatic carbocycles. The molecule has 2 fully saturated rings. The fourth-order valence-electron chi connectivity index (χ4n) is 3.02. The van der Waals surface area contributed by atoms with Crippen molar-refractivity contribution >= 4 is 28.3 Å². The highest BCUT2D eigenvalue weighted by atomic mass is 35.5. The first-order valence-electron chi connectivity index (χ1n) is 7.40. The van der Waals surface area contributed by atoms with Gasteiger partial charge in [0.25, 0.3) is 0 Å². The number of carbonyl (C=O) groups is 1. The number of piperidine rings is 2. The number of nitrogens with one attached hydrogen (secondary N) is 2. The molecule has 2 rings (SSSR count). The minimum Gasteiger partial charge on any atom is -0.342 e. The zero-order chi connectivity index (χ0) is 14.6. The van der Waals surface area contributed by atoms with Gasteiger partial charge in [0, 0.05) is 26.2 Å². The lowest BCUT2D eigenvalue weighted by molar-refractivity contribution is -0.137. The zero-order valence-corrected chi connectivity index (χ0v) is 14.1. The molecular formula is C13H26ClN3O3S. The number of likely N-dealkylation sites (tertiary alicyclic amines) is 1. The van der Waals surface area contributed by atoms with Crippen molar-refractivity contribution in [3.8, 4) is 0 Å². The molecule has 1 amide bonds. The Balaban J connectivity index is 0.00000220. The number of amides is 1. The minimum absolute atomic E-state index is 0. The average molecular weight is 340 g/mol. The molecular weight excluding hydrogens is 314 g/mol. The van der Waals surface area contributed by atoms with E-state index in [1.807, 2.05) is 4.90 Å².